The van der Waals surface area contributed by atoms with E-state index in [0.29, 0.717) is 78.3 Å². The normalized spacial score (nSPS) is 15.9. The van der Waals surface area contributed by atoms with Gasteiger partial charge in [-0.05, 0) is 163 Å². The van der Waals surface area contributed by atoms with Crippen molar-refractivity contribution >= 4 is 101 Å². The zero-order valence-electron chi connectivity index (χ0n) is 76.5. The van der Waals surface area contributed by atoms with Crippen LogP contribution >= 0.6 is 0 Å². The first-order valence-corrected chi connectivity index (χ1v) is 32.8. The van der Waals surface area contributed by atoms with Gasteiger partial charge in [-0.25, -0.2) is 0 Å². The zero-order chi connectivity index (χ0) is 85.1. The molecule has 2 aromatic heterocycles. The van der Waals surface area contributed by atoms with Crippen molar-refractivity contribution in [2.45, 2.75) is 58.8 Å². The fourth-order valence-electron chi connectivity index (χ4n) is 14.5. The Kier molecular flexibility index (Phi) is 9.41. The van der Waals surface area contributed by atoms with Gasteiger partial charge in [0.1, 0.15) is 0 Å². The maximum absolute atomic E-state index is 11.7. The van der Waals surface area contributed by atoms with Crippen molar-refractivity contribution < 1.29 is 30.2 Å². The molecule has 16 aromatic rings. The molecule has 0 spiro atoms. The summed E-state index contributed by atoms with van der Waals surface area (Å²) in [4.78, 5) is 3.78. The van der Waals surface area contributed by atoms with Crippen LogP contribution in [0, 0.1) is 0 Å². The summed E-state index contributed by atoms with van der Waals surface area (Å²) < 4.78 is 222. The van der Waals surface area contributed by atoms with Crippen molar-refractivity contribution in [3.63, 3.8) is 0 Å². The van der Waals surface area contributed by atoms with Crippen molar-refractivity contribution in [3.05, 3.63) is 343 Å². The number of para-hydroxylation sites is 4. The van der Waals surface area contributed by atoms with E-state index in [4.69, 9.17) is 5.48 Å². The van der Waals surface area contributed by atoms with E-state index in [0.717, 1.165) is 25.8 Å². The van der Waals surface area contributed by atoms with Crippen molar-refractivity contribution in [3.8, 4) is 55.9 Å². The number of rotatable bonds is 10. The first-order chi connectivity index (χ1) is 57.1. The molecule has 468 valence electrons. The Hall–Kier alpha value is -11.7. The lowest BCUT2D eigenvalue weighted by molar-refractivity contribution is 0.590. The summed E-state index contributed by atoms with van der Waals surface area (Å²) in [6.07, 6.45) is 0.174. The van der Waals surface area contributed by atoms with Gasteiger partial charge in [0, 0.05) is 77.9 Å². The fraction of sp³-hybridized carbons (Fsp3) is 0.0968. The lowest BCUT2D eigenvalue weighted by atomic mass is 9.33. The van der Waals surface area contributed by atoms with Gasteiger partial charge in [0.2, 0.25) is 0 Å². The molecule has 0 radical (unpaired) electrons. The highest BCUT2D eigenvalue weighted by molar-refractivity contribution is 7.00. The van der Waals surface area contributed by atoms with E-state index in [1.165, 1.54) is 0 Å². The Bertz CT molecular complexity index is 6490. The predicted octanol–water partition coefficient (Wildman–Crippen LogP) is 22.8. The summed E-state index contributed by atoms with van der Waals surface area (Å²) in [5, 5.41) is -1.41. The van der Waals surface area contributed by atoms with E-state index in [1.54, 1.807) is 0 Å². The number of hydrogen-bond acceptors (Lipinski definition) is 2. The van der Waals surface area contributed by atoms with Crippen LogP contribution in [0.4, 0.5) is 34.1 Å². The third-order valence-electron chi connectivity index (χ3n) is 19.1. The topological polar surface area (TPSA) is 16.3 Å². The van der Waals surface area contributed by atoms with Gasteiger partial charge in [0.15, 0.2) is 0 Å². The van der Waals surface area contributed by atoms with Gasteiger partial charge in [0.05, 0.1) is 63.6 Å². The Labute approximate surface area is 605 Å². The molecule has 0 N–H and O–H groups in total. The predicted molar refractivity (Wildman–Crippen MR) is 418 cm³/mol. The summed E-state index contributed by atoms with van der Waals surface area (Å²) in [7, 11) is 0. The number of anilines is 6. The molecular formula is C93H73BN4. The highest BCUT2D eigenvalue weighted by Crippen LogP contribution is 2.55. The SMILES string of the molecule is [2H]c1c([2H])c(-n2c3c([2H])c([2H])c([2H])c([2H])c3c3c([2H])c([2H])c([2H])c([2H])c32)c([2H])c2c1B1c3c(cc(Cc4ccccc4)cc3N(c3c(-c4ccccc4)cc(C(C)(C)C)cc3-c3ccccc3)c3c([2H])c(-n4c5c([2H])c([2H])c([2H])c([2H])c5c5c([2H])c([2H])c([2H])c([2H])c54)c([2H])c([2H])c31)N2c1c(-c2ccccc2)cc(C(C)(C)C)cc1-c1ccccc1. The molecule has 0 atom stereocenters. The summed E-state index contributed by atoms with van der Waals surface area (Å²) in [6, 6.07) is 44.6. The van der Waals surface area contributed by atoms with Crippen LogP contribution in [0.3, 0.4) is 0 Å². The number of nitrogens with zero attached hydrogens (tertiary/aromatic N) is 4. The Balaban J connectivity index is 1.14. The molecule has 98 heavy (non-hydrogen) atoms. The number of aromatic nitrogens is 2. The van der Waals surface area contributed by atoms with Crippen LogP contribution in [-0.2, 0) is 17.3 Å². The third kappa shape index (κ3) is 9.65. The summed E-state index contributed by atoms with van der Waals surface area (Å²) in [6.45, 7) is 10.9. The lowest BCUT2D eigenvalue weighted by Gasteiger charge is -2.46. The molecule has 0 bridgehead atoms. The molecule has 0 unspecified atom stereocenters. The smallest absolute Gasteiger partial charge is 0.252 e. The van der Waals surface area contributed by atoms with Crippen LogP contribution in [0.5, 0.6) is 0 Å². The maximum atomic E-state index is 11.7. The maximum Gasteiger partial charge on any atom is 0.252 e. The van der Waals surface area contributed by atoms with Gasteiger partial charge >= 0.3 is 0 Å². The van der Waals surface area contributed by atoms with Crippen LogP contribution in [0.25, 0.3) is 99.5 Å². The summed E-state index contributed by atoms with van der Waals surface area (Å²) >= 11 is 0. The molecule has 2 aliphatic rings. The van der Waals surface area contributed by atoms with E-state index in [9.17, 15) is 24.7 Å². The molecular weight excluding hydrogens is 1180 g/mol. The van der Waals surface area contributed by atoms with E-state index >= 15 is 0 Å². The van der Waals surface area contributed by atoms with E-state index in [1.807, 2.05) is 174 Å². The Morgan fingerprint density at radius 2 is 0.633 bits per heavy atom. The number of fused-ring (bicyclic) bond motifs is 10. The molecule has 18 rings (SSSR count). The largest absolute Gasteiger partial charge is 0.310 e. The van der Waals surface area contributed by atoms with Gasteiger partial charge in [0.25, 0.3) is 6.71 Å². The van der Waals surface area contributed by atoms with Gasteiger partial charge in [-0.3, -0.25) is 0 Å². The van der Waals surface area contributed by atoms with E-state index < -0.39 is 184 Å². The first-order valence-electron chi connectivity index (χ1n) is 43.8. The van der Waals surface area contributed by atoms with Crippen molar-refractivity contribution in [1.82, 2.24) is 9.13 Å². The fourth-order valence-corrected chi connectivity index (χ4v) is 14.5. The second kappa shape index (κ2) is 23.0. The number of benzene rings is 14. The van der Waals surface area contributed by atoms with Gasteiger partial charge in [-0.1, -0.05) is 278 Å². The van der Waals surface area contributed by atoms with Crippen molar-refractivity contribution in [2.24, 2.45) is 0 Å². The van der Waals surface area contributed by atoms with Crippen LogP contribution in [-0.4, -0.2) is 15.8 Å². The van der Waals surface area contributed by atoms with Crippen LogP contribution < -0.4 is 26.2 Å². The second-order valence-corrected chi connectivity index (χ2v) is 27.2. The minimum atomic E-state index is -1.65. The quantitative estimate of drug-likeness (QED) is 0.127. The van der Waals surface area contributed by atoms with Crippen molar-refractivity contribution in [1.29, 1.82) is 0 Å². The summed E-state index contributed by atoms with van der Waals surface area (Å²) in [5.74, 6) is 0. The van der Waals surface area contributed by atoms with Crippen LogP contribution in [0.15, 0.2) is 321 Å². The Morgan fingerprint density at radius 1 is 0.327 bits per heavy atom. The average molecular weight is 1280 g/mol. The monoisotopic (exact) mass is 1280 g/mol. The molecule has 4 nitrogen and oxygen atoms in total. The minimum absolute atomic E-state index is 0.156. The molecule has 0 fully saturated rings. The second-order valence-electron chi connectivity index (χ2n) is 27.2. The molecule has 5 heteroatoms. The van der Waals surface area contributed by atoms with Crippen LogP contribution in [0.1, 0.15) is 94.0 Å². The highest BCUT2D eigenvalue weighted by Gasteiger charge is 2.46. The molecule has 4 heterocycles. The third-order valence-corrected chi connectivity index (χ3v) is 19.1. The molecule has 0 amide bonds. The molecule has 0 saturated heterocycles. The molecule has 14 aromatic carbocycles. The molecule has 0 aliphatic carbocycles. The van der Waals surface area contributed by atoms with Crippen molar-refractivity contribution in [2.75, 3.05) is 9.80 Å². The number of hydrogen-bond donors (Lipinski definition) is 0. The van der Waals surface area contributed by atoms with Gasteiger partial charge < -0.3 is 18.9 Å². The molecule has 2 aliphatic heterocycles. The Morgan fingerprint density at radius 3 is 0.949 bits per heavy atom. The van der Waals surface area contributed by atoms with Gasteiger partial charge in [-0.2, -0.15) is 0 Å². The van der Waals surface area contributed by atoms with E-state index in [-0.39, 0.29) is 50.3 Å². The highest BCUT2D eigenvalue weighted by atomic mass is 15.2. The first kappa shape index (κ1) is 40.0. The van der Waals surface area contributed by atoms with Gasteiger partial charge in [-0.15, -0.1) is 0 Å². The average Bonchev–Trinajstić information content (AvgIpc) is 0.937. The minimum Gasteiger partial charge on any atom is -0.310 e. The zero-order valence-corrected chi connectivity index (χ0v) is 54.5. The standard InChI is InChI=1S/C93H73BN4/c1-92(2,3)67-55-75(63-32-14-8-15-33-63)90(76(56-67)64-34-16-9-17-35-64)97-85-59-69(95-81-44-26-22-40-71(81)72-41-23-27-45-82(72)95)48-50-79(85)94-80-51-49-70(96-83-46-28-24-42-73(83)74-43-25-29-47-84(74)96)60-86(80)98(88-54-62(53-87(97)89(88)94)52-61-30-12-7-13-31-61)91-77(65-36-18-10-19-37-65)57-68(93(4,5)6)58-78(91)66-38-20-11-21-39-66/h7-51,53-60H,52H2,1-6H3/i22D,23D,24D,25D,26D,27D,28D,29D,40D,41D,42D,43D,44D,45D,46D,47D,48D,49D,50D,51D,59D,60D. The van der Waals surface area contributed by atoms with E-state index in [2.05, 4.69) is 65.8 Å². The summed E-state index contributed by atoms with van der Waals surface area (Å²) in [5.41, 5.74) is 5.43. The lowest BCUT2D eigenvalue weighted by Crippen LogP contribution is -2.61. The molecule has 0 saturated carbocycles. The van der Waals surface area contributed by atoms with Crippen LogP contribution in [0.2, 0.25) is 0 Å².